The van der Waals surface area contributed by atoms with Crippen LogP contribution in [0.5, 0.6) is 5.75 Å². The molecule has 1 atom stereocenters. The molecular formula is C32H35FN4O3. The molecule has 1 aromatic heterocycles. The van der Waals surface area contributed by atoms with E-state index in [0.717, 1.165) is 16.7 Å². The number of hydrogen-bond acceptors (Lipinski definition) is 6. The van der Waals surface area contributed by atoms with E-state index >= 15 is 0 Å². The molecule has 0 spiro atoms. The molecule has 0 radical (unpaired) electrons. The Bertz CT molecular complexity index is 1440. The van der Waals surface area contributed by atoms with Crippen molar-refractivity contribution in [1.29, 1.82) is 0 Å². The first kappa shape index (κ1) is 28.7. The van der Waals surface area contributed by atoms with Crippen LogP contribution in [0.25, 0.3) is 11.1 Å². The van der Waals surface area contributed by atoms with Crippen LogP contribution in [0.4, 0.5) is 10.2 Å². The standard InChI is InChI=1S/C32H35FN4O3/c1-32(2,37-20-29(39)26-10-13-30(34)35-19-26)17-22-5-3-4-21(14-22)15-31(40)36-18-25-7-6-24(16-28(25)33)23-8-11-27(38)12-9-23/h3-14,16,19,29,37-39H,15,17-18,20H2,1-2H3,(H2,34,35)(H,36,40)/t29-/m0/s1. The van der Waals surface area contributed by atoms with Crippen molar-refractivity contribution in [3.05, 3.63) is 113 Å². The summed E-state index contributed by atoms with van der Waals surface area (Å²) in [5.74, 6) is -0.0413. The van der Waals surface area contributed by atoms with Gasteiger partial charge in [-0.1, -0.05) is 54.6 Å². The number of rotatable bonds is 11. The van der Waals surface area contributed by atoms with Crippen molar-refractivity contribution >= 4 is 11.7 Å². The highest BCUT2D eigenvalue weighted by molar-refractivity contribution is 5.78. The van der Waals surface area contributed by atoms with Gasteiger partial charge in [-0.05, 0) is 66.8 Å². The van der Waals surface area contributed by atoms with Crippen molar-refractivity contribution in [3.8, 4) is 16.9 Å². The van der Waals surface area contributed by atoms with Gasteiger partial charge in [-0.25, -0.2) is 9.37 Å². The highest BCUT2D eigenvalue weighted by atomic mass is 19.1. The highest BCUT2D eigenvalue weighted by Gasteiger charge is 2.20. The maximum atomic E-state index is 14.7. The van der Waals surface area contributed by atoms with E-state index in [4.69, 9.17) is 5.73 Å². The minimum atomic E-state index is -0.712. The summed E-state index contributed by atoms with van der Waals surface area (Å²) >= 11 is 0. The number of anilines is 1. The number of amides is 1. The normalized spacial score (nSPS) is 12.2. The molecule has 0 unspecified atom stereocenters. The SMILES string of the molecule is CC(C)(Cc1cccc(CC(=O)NCc2ccc(-c3ccc(O)cc3)cc2F)c1)NC[C@H](O)c1ccc(N)nc1. The van der Waals surface area contributed by atoms with E-state index in [2.05, 4.69) is 29.5 Å². The lowest BCUT2D eigenvalue weighted by molar-refractivity contribution is -0.120. The number of carbonyl (C=O) groups excluding carboxylic acids is 1. The maximum absolute atomic E-state index is 14.7. The van der Waals surface area contributed by atoms with Crippen molar-refractivity contribution in [2.75, 3.05) is 12.3 Å². The second-order valence-electron chi connectivity index (χ2n) is 10.6. The summed E-state index contributed by atoms with van der Waals surface area (Å²) < 4.78 is 14.7. The first-order valence-corrected chi connectivity index (χ1v) is 13.1. The lowest BCUT2D eigenvalue weighted by Crippen LogP contribution is -2.43. The molecule has 1 heterocycles. The van der Waals surface area contributed by atoms with Crippen LogP contribution in [-0.2, 0) is 24.2 Å². The van der Waals surface area contributed by atoms with Crippen molar-refractivity contribution in [3.63, 3.8) is 0 Å². The monoisotopic (exact) mass is 542 g/mol. The number of halogens is 1. The van der Waals surface area contributed by atoms with Gasteiger partial charge in [0.05, 0.1) is 12.5 Å². The van der Waals surface area contributed by atoms with Crippen LogP contribution in [0.2, 0.25) is 0 Å². The van der Waals surface area contributed by atoms with Crippen molar-refractivity contribution in [2.45, 2.75) is 44.9 Å². The van der Waals surface area contributed by atoms with Gasteiger partial charge in [0.15, 0.2) is 0 Å². The number of carbonyl (C=O) groups is 1. The molecule has 0 saturated heterocycles. The summed E-state index contributed by atoms with van der Waals surface area (Å²) in [6, 6.07) is 22.7. The van der Waals surface area contributed by atoms with Crippen LogP contribution in [-0.4, -0.2) is 33.2 Å². The zero-order valence-electron chi connectivity index (χ0n) is 22.7. The summed E-state index contributed by atoms with van der Waals surface area (Å²) in [7, 11) is 0. The molecule has 0 aliphatic heterocycles. The van der Waals surface area contributed by atoms with Crippen molar-refractivity contribution < 1.29 is 19.4 Å². The number of nitrogens with one attached hydrogen (secondary N) is 2. The molecule has 3 aromatic carbocycles. The summed E-state index contributed by atoms with van der Waals surface area (Å²) in [4.78, 5) is 16.7. The van der Waals surface area contributed by atoms with Gasteiger partial charge in [0.25, 0.3) is 0 Å². The second kappa shape index (κ2) is 12.7. The highest BCUT2D eigenvalue weighted by Crippen LogP contribution is 2.24. The van der Waals surface area contributed by atoms with Crippen molar-refractivity contribution in [1.82, 2.24) is 15.6 Å². The molecule has 8 heteroatoms. The Morgan fingerprint density at radius 1 is 1.00 bits per heavy atom. The number of phenolic OH excluding ortho intramolecular Hbond substituents is 1. The lowest BCUT2D eigenvalue weighted by atomic mass is 9.93. The molecular weight excluding hydrogens is 507 g/mol. The Morgan fingerprint density at radius 2 is 1.73 bits per heavy atom. The number of aliphatic hydroxyl groups excluding tert-OH is 1. The van der Waals surface area contributed by atoms with Crippen molar-refractivity contribution in [2.24, 2.45) is 0 Å². The smallest absolute Gasteiger partial charge is 0.224 e. The number of nitrogens with two attached hydrogens (primary N) is 1. The zero-order valence-corrected chi connectivity index (χ0v) is 22.7. The topological polar surface area (TPSA) is 120 Å². The van der Waals surface area contributed by atoms with E-state index in [1.807, 2.05) is 24.3 Å². The van der Waals surface area contributed by atoms with Gasteiger partial charge >= 0.3 is 0 Å². The predicted octanol–water partition coefficient (Wildman–Crippen LogP) is 4.68. The molecule has 0 aliphatic rings. The van der Waals surface area contributed by atoms with Crippen LogP contribution in [0, 0.1) is 5.82 Å². The van der Waals surface area contributed by atoms with Gasteiger partial charge in [-0.2, -0.15) is 0 Å². The number of phenols is 1. The van der Waals surface area contributed by atoms with Gasteiger partial charge < -0.3 is 26.6 Å². The molecule has 0 saturated carbocycles. The number of β-amino-alcohol motifs (C(OH)–C–C–N with tert-alkyl or cyclic N) is 1. The van der Waals surface area contributed by atoms with Gasteiger partial charge in [0.1, 0.15) is 17.4 Å². The van der Waals surface area contributed by atoms with Gasteiger partial charge in [0, 0.05) is 36.0 Å². The van der Waals surface area contributed by atoms with E-state index in [1.165, 1.54) is 6.07 Å². The molecule has 208 valence electrons. The van der Waals surface area contributed by atoms with Crippen LogP contribution >= 0.6 is 0 Å². The average molecular weight is 543 g/mol. The predicted molar refractivity (Wildman–Crippen MR) is 155 cm³/mol. The molecule has 6 N–H and O–H groups in total. The first-order chi connectivity index (χ1) is 19.1. The minimum Gasteiger partial charge on any atom is -0.508 e. The van der Waals surface area contributed by atoms with Gasteiger partial charge in [-0.15, -0.1) is 0 Å². The van der Waals surface area contributed by atoms with Crippen LogP contribution in [0.15, 0.2) is 85.1 Å². The maximum Gasteiger partial charge on any atom is 0.224 e. The van der Waals surface area contributed by atoms with E-state index in [9.17, 15) is 19.4 Å². The Kier molecular flexibility index (Phi) is 9.14. The molecule has 1 amide bonds. The third-order valence-corrected chi connectivity index (χ3v) is 6.70. The largest absolute Gasteiger partial charge is 0.508 e. The van der Waals surface area contributed by atoms with Crippen LogP contribution in [0.3, 0.4) is 0 Å². The number of aliphatic hydroxyl groups is 1. The number of aromatic nitrogens is 1. The summed E-state index contributed by atoms with van der Waals surface area (Å²) in [5, 5.41) is 26.2. The zero-order chi connectivity index (χ0) is 28.7. The Balaban J connectivity index is 1.28. The molecule has 4 rings (SSSR count). The average Bonchev–Trinajstić information content (AvgIpc) is 2.92. The fourth-order valence-electron chi connectivity index (χ4n) is 4.49. The minimum absolute atomic E-state index is 0.0863. The number of nitrogen functional groups attached to an aromatic ring is 1. The Morgan fingerprint density at radius 3 is 2.42 bits per heavy atom. The Labute approximate surface area is 233 Å². The molecule has 0 bridgehead atoms. The summed E-state index contributed by atoms with van der Waals surface area (Å²) in [6.07, 6.45) is 1.73. The number of pyridine rings is 1. The summed E-state index contributed by atoms with van der Waals surface area (Å²) in [5.41, 5.74) is 9.80. The molecule has 0 aliphatic carbocycles. The van der Waals surface area contributed by atoms with E-state index < -0.39 is 11.9 Å². The number of hydrogen-bond donors (Lipinski definition) is 5. The van der Waals surface area contributed by atoms with E-state index in [1.54, 1.807) is 54.7 Å². The lowest BCUT2D eigenvalue weighted by Gasteiger charge is -2.28. The first-order valence-electron chi connectivity index (χ1n) is 13.1. The Hall–Kier alpha value is -4.27. The van der Waals surface area contributed by atoms with Gasteiger partial charge in [-0.3, -0.25) is 4.79 Å². The van der Waals surface area contributed by atoms with Crippen LogP contribution in [0.1, 0.15) is 42.2 Å². The fourth-order valence-corrected chi connectivity index (χ4v) is 4.49. The summed E-state index contributed by atoms with van der Waals surface area (Å²) in [6.45, 7) is 4.56. The molecule has 40 heavy (non-hydrogen) atoms. The number of nitrogens with zero attached hydrogens (tertiary/aromatic N) is 1. The number of aromatic hydroxyl groups is 1. The molecule has 4 aromatic rings. The molecule has 0 fully saturated rings. The quantitative estimate of drug-likeness (QED) is 0.188. The van der Waals surface area contributed by atoms with E-state index in [-0.39, 0.29) is 30.2 Å². The third kappa shape index (κ3) is 8.11. The van der Waals surface area contributed by atoms with E-state index in [0.29, 0.717) is 35.5 Å². The molecule has 7 nitrogen and oxygen atoms in total. The fraction of sp³-hybridized carbons (Fsp3) is 0.250. The number of benzene rings is 3. The van der Waals surface area contributed by atoms with Gasteiger partial charge in [0.2, 0.25) is 5.91 Å². The van der Waals surface area contributed by atoms with Crippen LogP contribution < -0.4 is 16.4 Å². The third-order valence-electron chi connectivity index (χ3n) is 6.70. The second-order valence-corrected chi connectivity index (χ2v) is 10.6.